The second-order valence-corrected chi connectivity index (χ2v) is 2.90. The van der Waals surface area contributed by atoms with Gasteiger partial charge in [-0.05, 0) is 0 Å². The molecule has 0 heterocycles. The number of Topliss-reactive ketones (excluding diaryl/α,β-unsaturated/α-hetero) is 1. The molecule has 0 radical (unpaired) electrons. The number of amides is 1. The molecule has 0 aromatic rings. The molecule has 0 bridgehead atoms. The van der Waals surface area contributed by atoms with Crippen LogP contribution in [0.3, 0.4) is 0 Å². The van der Waals surface area contributed by atoms with Crippen LogP contribution in [0, 0.1) is 0 Å². The number of halogens is 2. The molecule has 1 unspecified atom stereocenters. The van der Waals surface area contributed by atoms with Crippen molar-refractivity contribution in [2.45, 2.75) is 5.38 Å². The molecule has 0 aromatic carbocycles. The Morgan fingerprint density at radius 2 is 1.91 bits per heavy atom. The lowest BCUT2D eigenvalue weighted by Gasteiger charge is -2.12. The zero-order chi connectivity index (χ0) is 9.02. The van der Waals surface area contributed by atoms with Crippen LogP contribution in [0.25, 0.3) is 0 Å². The second-order valence-electron chi connectivity index (χ2n) is 2.20. The number of ketones is 1. The van der Waals surface area contributed by atoms with Crippen LogP contribution in [0.5, 0.6) is 0 Å². The summed E-state index contributed by atoms with van der Waals surface area (Å²) in [7, 11) is 3.05. The summed E-state index contributed by atoms with van der Waals surface area (Å²) in [5, 5.41) is -1.14. The van der Waals surface area contributed by atoms with Crippen LogP contribution in [0.1, 0.15) is 0 Å². The zero-order valence-corrected chi connectivity index (χ0v) is 7.82. The Labute approximate surface area is 75.3 Å². The van der Waals surface area contributed by atoms with Crippen LogP contribution in [0.15, 0.2) is 0 Å². The summed E-state index contributed by atoms with van der Waals surface area (Å²) in [5.41, 5.74) is 0. The highest BCUT2D eigenvalue weighted by atomic mass is 35.5. The number of carbonyl (C=O) groups is 2. The van der Waals surface area contributed by atoms with E-state index >= 15 is 0 Å². The van der Waals surface area contributed by atoms with E-state index in [0.717, 1.165) is 0 Å². The first-order chi connectivity index (χ1) is 5.00. The summed E-state index contributed by atoms with van der Waals surface area (Å²) in [6.07, 6.45) is 0. The van der Waals surface area contributed by atoms with Gasteiger partial charge in [-0.3, -0.25) is 9.59 Å². The van der Waals surface area contributed by atoms with E-state index in [2.05, 4.69) is 0 Å². The lowest BCUT2D eigenvalue weighted by molar-refractivity contribution is -0.132. The lowest BCUT2D eigenvalue weighted by Crippen LogP contribution is -2.35. The molecule has 3 nitrogen and oxygen atoms in total. The van der Waals surface area contributed by atoms with E-state index in [1.165, 1.54) is 19.0 Å². The molecule has 0 saturated heterocycles. The number of carbonyl (C=O) groups excluding carboxylic acids is 2. The van der Waals surface area contributed by atoms with Gasteiger partial charge in [0.2, 0.25) is 5.91 Å². The van der Waals surface area contributed by atoms with E-state index in [0.29, 0.717) is 0 Å². The first-order valence-electron chi connectivity index (χ1n) is 2.94. The first-order valence-corrected chi connectivity index (χ1v) is 3.91. The maximum absolute atomic E-state index is 11.0. The molecule has 0 aliphatic carbocycles. The Balaban J connectivity index is 4.13. The molecule has 11 heavy (non-hydrogen) atoms. The first kappa shape index (κ1) is 10.7. The van der Waals surface area contributed by atoms with Gasteiger partial charge in [-0.15, -0.1) is 23.2 Å². The topological polar surface area (TPSA) is 37.4 Å². The Hall–Kier alpha value is -0.280. The molecule has 0 spiro atoms. The number of rotatable bonds is 3. The summed E-state index contributed by atoms with van der Waals surface area (Å²) in [5.74, 6) is -1.13. The summed E-state index contributed by atoms with van der Waals surface area (Å²) >= 11 is 10.6. The molecule has 0 saturated carbocycles. The minimum atomic E-state index is -1.14. The third-order valence-corrected chi connectivity index (χ3v) is 1.77. The SMILES string of the molecule is CN(C)C(=O)C(Cl)C(=O)CCl. The molecule has 0 rings (SSSR count). The van der Waals surface area contributed by atoms with Gasteiger partial charge >= 0.3 is 0 Å². The quantitative estimate of drug-likeness (QED) is 0.488. The van der Waals surface area contributed by atoms with E-state index in [9.17, 15) is 9.59 Å². The number of nitrogens with zero attached hydrogens (tertiary/aromatic N) is 1. The molecule has 0 N–H and O–H groups in total. The molecule has 1 amide bonds. The largest absolute Gasteiger partial charge is 0.347 e. The van der Waals surface area contributed by atoms with Crippen molar-refractivity contribution in [2.24, 2.45) is 0 Å². The number of hydrogen-bond acceptors (Lipinski definition) is 2. The summed E-state index contributed by atoms with van der Waals surface area (Å²) in [6.45, 7) is 0. The third-order valence-electron chi connectivity index (χ3n) is 1.07. The molecular formula is C6H9Cl2NO2. The molecule has 0 aliphatic rings. The lowest BCUT2D eigenvalue weighted by atomic mass is 10.3. The zero-order valence-electron chi connectivity index (χ0n) is 6.30. The van der Waals surface area contributed by atoms with Crippen molar-refractivity contribution in [3.05, 3.63) is 0 Å². The number of hydrogen-bond donors (Lipinski definition) is 0. The van der Waals surface area contributed by atoms with E-state index in [1.807, 2.05) is 0 Å². The fraction of sp³-hybridized carbons (Fsp3) is 0.667. The van der Waals surface area contributed by atoms with Crippen LogP contribution >= 0.6 is 23.2 Å². The maximum Gasteiger partial charge on any atom is 0.247 e. The molecule has 5 heteroatoms. The highest BCUT2D eigenvalue weighted by Gasteiger charge is 2.23. The predicted molar refractivity (Wildman–Crippen MR) is 44.1 cm³/mol. The smallest absolute Gasteiger partial charge is 0.247 e. The Bertz CT molecular complexity index is 170. The van der Waals surface area contributed by atoms with Crippen LogP contribution in [0.4, 0.5) is 0 Å². The van der Waals surface area contributed by atoms with E-state index in [1.54, 1.807) is 0 Å². The van der Waals surface area contributed by atoms with Gasteiger partial charge < -0.3 is 4.90 Å². The van der Waals surface area contributed by atoms with E-state index in [4.69, 9.17) is 23.2 Å². The molecular weight excluding hydrogens is 189 g/mol. The second kappa shape index (κ2) is 4.57. The Kier molecular flexibility index (Phi) is 4.45. The molecule has 0 fully saturated rings. The van der Waals surface area contributed by atoms with E-state index in [-0.39, 0.29) is 5.88 Å². The van der Waals surface area contributed by atoms with Crippen LogP contribution in [-0.4, -0.2) is 41.9 Å². The predicted octanol–water partition coefficient (Wildman–Crippen LogP) is 0.490. The minimum absolute atomic E-state index is 0.228. The highest BCUT2D eigenvalue weighted by molar-refractivity contribution is 6.45. The van der Waals surface area contributed by atoms with Gasteiger partial charge in [0.1, 0.15) is 0 Å². The van der Waals surface area contributed by atoms with Gasteiger partial charge in [0.25, 0.3) is 0 Å². The van der Waals surface area contributed by atoms with Gasteiger partial charge in [-0.25, -0.2) is 0 Å². The van der Waals surface area contributed by atoms with Gasteiger partial charge in [0, 0.05) is 14.1 Å². The number of alkyl halides is 2. The van der Waals surface area contributed by atoms with Gasteiger partial charge in [-0.1, -0.05) is 0 Å². The van der Waals surface area contributed by atoms with Crippen LogP contribution < -0.4 is 0 Å². The molecule has 0 aromatic heterocycles. The van der Waals surface area contributed by atoms with Gasteiger partial charge in [-0.2, -0.15) is 0 Å². The Morgan fingerprint density at radius 3 is 2.18 bits per heavy atom. The average Bonchev–Trinajstić information content (AvgIpc) is 2.00. The van der Waals surface area contributed by atoms with Crippen LogP contribution in [0.2, 0.25) is 0 Å². The van der Waals surface area contributed by atoms with Gasteiger partial charge in [0.15, 0.2) is 11.2 Å². The minimum Gasteiger partial charge on any atom is -0.347 e. The summed E-state index contributed by atoms with van der Waals surface area (Å²) in [6, 6.07) is 0. The monoisotopic (exact) mass is 197 g/mol. The van der Waals surface area contributed by atoms with Crippen molar-refractivity contribution >= 4 is 34.9 Å². The highest BCUT2D eigenvalue weighted by Crippen LogP contribution is 2.02. The summed E-state index contributed by atoms with van der Waals surface area (Å²) in [4.78, 5) is 23.0. The molecule has 1 atom stereocenters. The van der Waals surface area contributed by atoms with E-state index < -0.39 is 17.1 Å². The van der Waals surface area contributed by atoms with Crippen LogP contribution in [-0.2, 0) is 9.59 Å². The standard InChI is InChI=1S/C6H9Cl2NO2/c1-9(2)6(11)5(8)4(10)3-7/h5H,3H2,1-2H3. The van der Waals surface area contributed by atoms with Crippen molar-refractivity contribution in [2.75, 3.05) is 20.0 Å². The fourth-order valence-electron chi connectivity index (χ4n) is 0.432. The van der Waals surface area contributed by atoms with Crippen molar-refractivity contribution < 1.29 is 9.59 Å². The average molecular weight is 198 g/mol. The molecule has 64 valence electrons. The van der Waals surface area contributed by atoms with Crippen molar-refractivity contribution in [3.8, 4) is 0 Å². The third kappa shape index (κ3) is 3.08. The van der Waals surface area contributed by atoms with Crippen molar-refractivity contribution in [1.82, 2.24) is 4.90 Å². The van der Waals surface area contributed by atoms with Crippen molar-refractivity contribution in [3.63, 3.8) is 0 Å². The maximum atomic E-state index is 11.0. The van der Waals surface area contributed by atoms with Gasteiger partial charge in [0.05, 0.1) is 5.88 Å². The summed E-state index contributed by atoms with van der Waals surface area (Å²) < 4.78 is 0. The Morgan fingerprint density at radius 1 is 1.45 bits per heavy atom. The normalized spacial score (nSPS) is 12.4. The van der Waals surface area contributed by atoms with Crippen molar-refractivity contribution in [1.29, 1.82) is 0 Å². The molecule has 0 aliphatic heterocycles. The fourth-order valence-corrected chi connectivity index (χ4v) is 0.938.